The average Bonchev–Trinajstić information content (AvgIpc) is 3.40. The first-order valence-electron chi connectivity index (χ1n) is 9.96. The molecule has 5 nitrogen and oxygen atoms in total. The highest BCUT2D eigenvalue weighted by molar-refractivity contribution is 7.80. The summed E-state index contributed by atoms with van der Waals surface area (Å²) in [5.41, 5.74) is 2.42. The molecular formula is C24H18ClFN4OS. The summed E-state index contributed by atoms with van der Waals surface area (Å²) in [5, 5.41) is 14.8. The number of thiocarbonyl (C=S) groups is 1. The molecule has 1 saturated heterocycles. The lowest BCUT2D eigenvalue weighted by Gasteiger charge is -2.29. The number of aromatic nitrogens is 2. The van der Waals surface area contributed by atoms with Gasteiger partial charge in [0.15, 0.2) is 5.11 Å². The van der Waals surface area contributed by atoms with Crippen molar-refractivity contribution in [2.24, 2.45) is 0 Å². The van der Waals surface area contributed by atoms with Crippen LogP contribution in [-0.4, -0.2) is 19.8 Å². The lowest BCUT2D eigenvalue weighted by Crippen LogP contribution is -2.30. The van der Waals surface area contributed by atoms with E-state index >= 15 is 0 Å². The van der Waals surface area contributed by atoms with Gasteiger partial charge in [0.2, 0.25) is 0 Å². The molecule has 32 heavy (non-hydrogen) atoms. The van der Waals surface area contributed by atoms with Crippen LogP contribution in [0.3, 0.4) is 0 Å². The normalized spacial score (nSPS) is 18.1. The maximum atomic E-state index is 14.7. The molecule has 0 amide bonds. The van der Waals surface area contributed by atoms with Crippen LogP contribution in [0.5, 0.6) is 5.75 Å². The van der Waals surface area contributed by atoms with Crippen LogP contribution in [0.2, 0.25) is 5.02 Å². The van der Waals surface area contributed by atoms with Gasteiger partial charge in [0.25, 0.3) is 0 Å². The van der Waals surface area contributed by atoms with Crippen LogP contribution in [0.15, 0.2) is 85.2 Å². The Balaban J connectivity index is 1.71. The molecule has 2 N–H and O–H groups in total. The fourth-order valence-corrected chi connectivity index (χ4v) is 4.61. The van der Waals surface area contributed by atoms with Crippen molar-refractivity contribution >= 4 is 34.6 Å². The van der Waals surface area contributed by atoms with Gasteiger partial charge >= 0.3 is 0 Å². The molecule has 8 heteroatoms. The lowest BCUT2D eigenvalue weighted by molar-refractivity contribution is 0.471. The Morgan fingerprint density at radius 3 is 2.59 bits per heavy atom. The summed E-state index contributed by atoms with van der Waals surface area (Å²) in [6.45, 7) is 0. The molecule has 5 rings (SSSR count). The van der Waals surface area contributed by atoms with E-state index in [2.05, 4.69) is 10.3 Å². The summed E-state index contributed by atoms with van der Waals surface area (Å²) in [7, 11) is 0. The molecule has 0 saturated carbocycles. The van der Waals surface area contributed by atoms with Gasteiger partial charge in [-0.3, -0.25) is 4.98 Å². The largest absolute Gasteiger partial charge is 0.506 e. The van der Waals surface area contributed by atoms with Gasteiger partial charge < -0.3 is 19.9 Å². The Labute approximate surface area is 194 Å². The van der Waals surface area contributed by atoms with E-state index in [-0.39, 0.29) is 17.6 Å². The maximum absolute atomic E-state index is 14.7. The first kappa shape index (κ1) is 20.5. The predicted molar refractivity (Wildman–Crippen MR) is 127 cm³/mol. The molecular weight excluding hydrogens is 447 g/mol. The first-order chi connectivity index (χ1) is 15.5. The van der Waals surface area contributed by atoms with Gasteiger partial charge in [0, 0.05) is 23.1 Å². The molecule has 3 heterocycles. The Morgan fingerprint density at radius 1 is 1.00 bits per heavy atom. The second-order valence-electron chi connectivity index (χ2n) is 7.38. The number of nitrogens with zero attached hydrogens (tertiary/aromatic N) is 3. The number of phenols is 1. The zero-order valence-electron chi connectivity index (χ0n) is 16.7. The standard InChI is InChI=1S/C24H18ClFN4OS/c25-15-10-11-21(31)20(14-15)30-23(22(28-24(30)32)17-7-3-4-12-27-17)19-9-5-13-29(19)18-8-2-1-6-16(18)26/h1-14,22-23,31H,(H,28,32)/t22-,23-/m1/s1. The average molecular weight is 465 g/mol. The number of anilines is 1. The SMILES string of the molecule is Oc1ccc(Cl)cc1N1C(=S)N[C@H](c2ccccn2)[C@H]1c1cccn1-c1ccccc1F. The first-order valence-corrected chi connectivity index (χ1v) is 10.7. The van der Waals surface area contributed by atoms with Crippen LogP contribution < -0.4 is 10.2 Å². The van der Waals surface area contributed by atoms with E-state index in [1.165, 1.54) is 12.1 Å². The molecule has 2 atom stereocenters. The van der Waals surface area contributed by atoms with Crippen molar-refractivity contribution in [3.63, 3.8) is 0 Å². The van der Waals surface area contributed by atoms with Gasteiger partial charge in [-0.05, 0) is 66.8 Å². The van der Waals surface area contributed by atoms with E-state index in [1.54, 1.807) is 47.3 Å². The molecule has 0 spiro atoms. The highest BCUT2D eigenvalue weighted by atomic mass is 35.5. The van der Waals surface area contributed by atoms with Crippen molar-refractivity contribution in [1.82, 2.24) is 14.9 Å². The van der Waals surface area contributed by atoms with E-state index in [1.807, 2.05) is 35.2 Å². The fraction of sp³-hybridized carbons (Fsp3) is 0.0833. The molecule has 0 unspecified atom stereocenters. The van der Waals surface area contributed by atoms with Crippen LogP contribution in [-0.2, 0) is 0 Å². The maximum Gasteiger partial charge on any atom is 0.174 e. The number of rotatable bonds is 4. The minimum absolute atomic E-state index is 0.0363. The van der Waals surface area contributed by atoms with Crippen LogP contribution in [0, 0.1) is 5.82 Å². The summed E-state index contributed by atoms with van der Waals surface area (Å²) in [6, 6.07) is 20.0. The zero-order valence-corrected chi connectivity index (χ0v) is 18.3. The van der Waals surface area contributed by atoms with Crippen molar-refractivity contribution in [3.05, 3.63) is 107 Å². The van der Waals surface area contributed by atoms with Crippen molar-refractivity contribution in [2.45, 2.75) is 12.1 Å². The fourth-order valence-electron chi connectivity index (χ4n) is 4.11. The topological polar surface area (TPSA) is 53.3 Å². The van der Waals surface area contributed by atoms with Gasteiger partial charge in [-0.1, -0.05) is 29.8 Å². The third kappa shape index (κ3) is 3.49. The van der Waals surface area contributed by atoms with Crippen molar-refractivity contribution < 1.29 is 9.50 Å². The van der Waals surface area contributed by atoms with Gasteiger partial charge in [0.05, 0.1) is 23.1 Å². The second kappa shape index (κ2) is 8.26. The molecule has 0 aliphatic carbocycles. The quantitative estimate of drug-likeness (QED) is 0.388. The van der Waals surface area contributed by atoms with Crippen molar-refractivity contribution in [1.29, 1.82) is 0 Å². The minimum atomic E-state index is -0.434. The summed E-state index contributed by atoms with van der Waals surface area (Å²) < 4.78 is 16.5. The smallest absolute Gasteiger partial charge is 0.174 e. The van der Waals surface area contributed by atoms with Crippen molar-refractivity contribution in [2.75, 3.05) is 4.90 Å². The molecule has 1 fully saturated rings. The zero-order chi connectivity index (χ0) is 22.2. The predicted octanol–water partition coefficient (Wildman–Crippen LogP) is 5.55. The third-order valence-corrected chi connectivity index (χ3v) is 6.04. The highest BCUT2D eigenvalue weighted by Gasteiger charge is 2.43. The number of benzene rings is 2. The van der Waals surface area contributed by atoms with E-state index < -0.39 is 6.04 Å². The number of para-hydroxylation sites is 1. The number of pyridine rings is 1. The summed E-state index contributed by atoms with van der Waals surface area (Å²) >= 11 is 11.9. The number of nitrogens with one attached hydrogen (secondary N) is 1. The number of phenolic OH excluding ortho intramolecular Hbond substituents is 1. The molecule has 2 aromatic carbocycles. The number of aromatic hydroxyl groups is 1. The van der Waals surface area contributed by atoms with Gasteiger partial charge in [-0.2, -0.15) is 0 Å². The Hall–Kier alpha value is -3.42. The Morgan fingerprint density at radius 2 is 1.81 bits per heavy atom. The molecule has 2 aromatic heterocycles. The highest BCUT2D eigenvalue weighted by Crippen LogP contribution is 2.45. The van der Waals surface area contributed by atoms with Crippen LogP contribution in [0.25, 0.3) is 5.69 Å². The number of hydrogen-bond acceptors (Lipinski definition) is 3. The van der Waals surface area contributed by atoms with Crippen LogP contribution in [0.1, 0.15) is 23.5 Å². The molecule has 160 valence electrons. The van der Waals surface area contributed by atoms with Crippen LogP contribution >= 0.6 is 23.8 Å². The number of hydrogen-bond donors (Lipinski definition) is 2. The molecule has 1 aliphatic rings. The summed E-state index contributed by atoms with van der Waals surface area (Å²) in [4.78, 5) is 6.33. The Bertz CT molecular complexity index is 1300. The van der Waals surface area contributed by atoms with E-state index in [9.17, 15) is 9.50 Å². The van der Waals surface area contributed by atoms with Crippen molar-refractivity contribution in [3.8, 4) is 11.4 Å². The van der Waals surface area contributed by atoms with Gasteiger partial charge in [0.1, 0.15) is 17.6 Å². The van der Waals surface area contributed by atoms with Gasteiger partial charge in [-0.15, -0.1) is 0 Å². The second-order valence-corrected chi connectivity index (χ2v) is 8.21. The molecule has 1 aliphatic heterocycles. The molecule has 0 radical (unpaired) electrons. The Kier molecular flexibility index (Phi) is 5.28. The third-order valence-electron chi connectivity index (χ3n) is 5.49. The van der Waals surface area contributed by atoms with Crippen LogP contribution in [0.4, 0.5) is 10.1 Å². The van der Waals surface area contributed by atoms with Gasteiger partial charge in [-0.25, -0.2) is 4.39 Å². The minimum Gasteiger partial charge on any atom is -0.506 e. The summed E-state index contributed by atoms with van der Waals surface area (Å²) in [6.07, 6.45) is 3.52. The molecule has 0 bridgehead atoms. The lowest BCUT2D eigenvalue weighted by atomic mass is 10.0. The van der Waals surface area contributed by atoms with E-state index in [0.29, 0.717) is 21.5 Å². The summed E-state index contributed by atoms with van der Waals surface area (Å²) in [5.74, 6) is -0.306. The monoisotopic (exact) mass is 464 g/mol. The number of halogens is 2. The molecule has 4 aromatic rings. The van der Waals surface area contributed by atoms with E-state index in [4.69, 9.17) is 23.8 Å². The van der Waals surface area contributed by atoms with E-state index in [0.717, 1.165) is 11.4 Å².